The Balaban J connectivity index is 1.51. The molecule has 6 rings (SSSR count). The molecule has 2 unspecified atom stereocenters. The summed E-state index contributed by atoms with van der Waals surface area (Å²) in [6, 6.07) is 20.8. The molecule has 9 heteroatoms. The van der Waals surface area contributed by atoms with Gasteiger partial charge in [0.25, 0.3) is 0 Å². The number of benzene rings is 2. The molecule has 170 valence electrons. The van der Waals surface area contributed by atoms with Gasteiger partial charge in [0.15, 0.2) is 16.6 Å². The third-order valence-corrected chi connectivity index (χ3v) is 6.84. The normalized spacial score (nSPS) is 18.9. The van der Waals surface area contributed by atoms with Crippen LogP contribution in [0.5, 0.6) is 11.5 Å². The van der Waals surface area contributed by atoms with Gasteiger partial charge in [-0.05, 0) is 66.8 Å². The van der Waals surface area contributed by atoms with Crippen molar-refractivity contribution >= 4 is 46.2 Å². The third kappa shape index (κ3) is 3.57. The molecule has 2 aromatic carbocycles. The third-order valence-electron chi connectivity index (χ3n) is 5.99. The van der Waals surface area contributed by atoms with E-state index in [0.717, 1.165) is 28.5 Å². The van der Waals surface area contributed by atoms with Gasteiger partial charge in [-0.1, -0.05) is 29.3 Å². The molecule has 6 nitrogen and oxygen atoms in total. The number of nitrogens with one attached hydrogen (secondary N) is 1. The van der Waals surface area contributed by atoms with Crippen LogP contribution in [0.25, 0.3) is 5.69 Å². The summed E-state index contributed by atoms with van der Waals surface area (Å²) in [5, 5.41) is 5.22. The fourth-order valence-corrected chi connectivity index (χ4v) is 5.35. The molecule has 0 aliphatic carbocycles. The summed E-state index contributed by atoms with van der Waals surface area (Å²) in [6.07, 6.45) is 3.77. The maximum Gasteiger partial charge on any atom is 0.231 e. The smallest absolute Gasteiger partial charge is 0.231 e. The number of hydrogen-bond donors (Lipinski definition) is 1. The molecule has 1 fully saturated rings. The Labute approximate surface area is 211 Å². The summed E-state index contributed by atoms with van der Waals surface area (Å²) in [4.78, 5) is 6.72. The highest BCUT2D eigenvalue weighted by atomic mass is 35.5. The van der Waals surface area contributed by atoms with E-state index < -0.39 is 0 Å². The van der Waals surface area contributed by atoms with Crippen molar-refractivity contribution in [2.45, 2.75) is 12.1 Å². The molecular weight excluding hydrogens is 491 g/mol. The summed E-state index contributed by atoms with van der Waals surface area (Å²) in [5.41, 5.74) is 3.59. The number of rotatable bonds is 4. The van der Waals surface area contributed by atoms with Gasteiger partial charge < -0.3 is 24.3 Å². The molecule has 2 atom stereocenters. The van der Waals surface area contributed by atoms with Gasteiger partial charge in [0.1, 0.15) is 6.04 Å². The van der Waals surface area contributed by atoms with Crippen LogP contribution >= 0.6 is 35.4 Å². The van der Waals surface area contributed by atoms with Crippen molar-refractivity contribution in [2.75, 3.05) is 11.7 Å². The molecule has 1 saturated heterocycles. The van der Waals surface area contributed by atoms with Gasteiger partial charge >= 0.3 is 0 Å². The Morgan fingerprint density at radius 3 is 2.68 bits per heavy atom. The first-order valence-corrected chi connectivity index (χ1v) is 11.8. The molecule has 34 heavy (non-hydrogen) atoms. The maximum atomic E-state index is 6.60. The lowest BCUT2D eigenvalue weighted by Gasteiger charge is -2.29. The molecule has 2 aliphatic rings. The molecule has 4 aromatic rings. The molecule has 2 aliphatic heterocycles. The summed E-state index contributed by atoms with van der Waals surface area (Å²) in [6.45, 7) is 0.208. The Bertz CT molecular complexity index is 1390. The summed E-state index contributed by atoms with van der Waals surface area (Å²) in [5.74, 6) is 1.41. The standard InChI is InChI=1S/C25H18Cl2N4O2S/c26-15-6-8-19(17(27)12-15)30-11-3-5-20(30)24-23(18-4-1-2-10-28-18)29-25(34)31(24)16-7-9-21-22(13-16)33-14-32-21/h1-13,23-24H,14H2,(H,29,34). The topological polar surface area (TPSA) is 51.6 Å². The second-order valence-corrected chi connectivity index (χ2v) is 9.16. The van der Waals surface area contributed by atoms with Crippen molar-refractivity contribution in [3.63, 3.8) is 0 Å². The zero-order valence-electron chi connectivity index (χ0n) is 17.7. The van der Waals surface area contributed by atoms with Gasteiger partial charge in [-0.2, -0.15) is 0 Å². The van der Waals surface area contributed by atoms with E-state index in [4.69, 9.17) is 44.9 Å². The van der Waals surface area contributed by atoms with Crippen LogP contribution in [-0.2, 0) is 0 Å². The molecule has 1 N–H and O–H groups in total. The monoisotopic (exact) mass is 508 g/mol. The number of halogens is 2. The van der Waals surface area contributed by atoms with Crippen molar-refractivity contribution in [1.29, 1.82) is 0 Å². The Kier molecular flexibility index (Phi) is 5.32. The summed E-state index contributed by atoms with van der Waals surface area (Å²) >= 11 is 18.6. The lowest BCUT2D eigenvalue weighted by atomic mass is 10.0. The van der Waals surface area contributed by atoms with E-state index in [1.54, 1.807) is 12.3 Å². The first-order valence-electron chi connectivity index (χ1n) is 10.6. The van der Waals surface area contributed by atoms with Gasteiger partial charge in [0.05, 0.1) is 22.4 Å². The van der Waals surface area contributed by atoms with E-state index in [0.29, 0.717) is 20.9 Å². The number of aromatic nitrogens is 2. The van der Waals surface area contributed by atoms with E-state index in [1.807, 2.05) is 60.8 Å². The highest BCUT2D eigenvalue weighted by Crippen LogP contribution is 2.45. The number of fused-ring (bicyclic) bond motifs is 1. The number of hydrogen-bond acceptors (Lipinski definition) is 4. The molecule has 0 amide bonds. The van der Waals surface area contributed by atoms with Crippen molar-refractivity contribution < 1.29 is 9.47 Å². The van der Waals surface area contributed by atoms with Crippen LogP contribution < -0.4 is 19.7 Å². The van der Waals surface area contributed by atoms with E-state index in [9.17, 15) is 0 Å². The van der Waals surface area contributed by atoms with Crippen LogP contribution in [0.15, 0.2) is 79.1 Å². The second kappa shape index (κ2) is 8.51. The van der Waals surface area contributed by atoms with E-state index >= 15 is 0 Å². The number of thiocarbonyl (C=S) groups is 1. The van der Waals surface area contributed by atoms with Crippen LogP contribution in [-0.4, -0.2) is 21.5 Å². The average molecular weight is 509 g/mol. The van der Waals surface area contributed by atoms with Crippen molar-refractivity contribution in [3.05, 3.63) is 101 Å². The minimum absolute atomic E-state index is 0.196. The predicted molar refractivity (Wildman–Crippen MR) is 136 cm³/mol. The molecule has 4 heterocycles. The largest absolute Gasteiger partial charge is 0.454 e. The zero-order chi connectivity index (χ0) is 23.2. The fourth-order valence-electron chi connectivity index (χ4n) is 4.50. The fraction of sp³-hybridized carbons (Fsp3) is 0.120. The molecule has 0 bridgehead atoms. The van der Waals surface area contributed by atoms with Gasteiger partial charge in [0.2, 0.25) is 6.79 Å². The summed E-state index contributed by atoms with van der Waals surface area (Å²) in [7, 11) is 0. The Morgan fingerprint density at radius 2 is 1.85 bits per heavy atom. The highest BCUT2D eigenvalue weighted by Gasteiger charge is 2.42. The van der Waals surface area contributed by atoms with Crippen molar-refractivity contribution in [3.8, 4) is 17.2 Å². The lowest BCUT2D eigenvalue weighted by molar-refractivity contribution is 0.174. The van der Waals surface area contributed by atoms with Gasteiger partial charge in [-0.15, -0.1) is 0 Å². The van der Waals surface area contributed by atoms with Crippen LogP contribution in [0.2, 0.25) is 10.0 Å². The number of nitrogens with zero attached hydrogens (tertiary/aromatic N) is 3. The van der Waals surface area contributed by atoms with E-state index in [-0.39, 0.29) is 18.9 Å². The number of anilines is 1. The van der Waals surface area contributed by atoms with Crippen molar-refractivity contribution in [2.24, 2.45) is 0 Å². The minimum atomic E-state index is -0.218. The number of pyridine rings is 1. The molecule has 2 aromatic heterocycles. The van der Waals surface area contributed by atoms with Crippen LogP contribution in [0.1, 0.15) is 23.5 Å². The Hall–Kier alpha value is -3.26. The van der Waals surface area contributed by atoms with Crippen molar-refractivity contribution in [1.82, 2.24) is 14.9 Å². The molecule has 0 spiro atoms. The van der Waals surface area contributed by atoms with E-state index in [2.05, 4.69) is 25.8 Å². The van der Waals surface area contributed by atoms with E-state index in [1.165, 1.54) is 0 Å². The van der Waals surface area contributed by atoms with Gasteiger partial charge in [-0.3, -0.25) is 4.98 Å². The Morgan fingerprint density at radius 1 is 0.971 bits per heavy atom. The molecular formula is C25H18Cl2N4O2S. The minimum Gasteiger partial charge on any atom is -0.454 e. The second-order valence-electron chi connectivity index (χ2n) is 7.93. The molecule has 0 saturated carbocycles. The van der Waals surface area contributed by atoms with Crippen LogP contribution in [0.3, 0.4) is 0 Å². The molecule has 0 radical (unpaired) electrons. The SMILES string of the molecule is S=C1NC(c2ccccn2)C(c2cccn2-c2ccc(Cl)cc2Cl)N1c1ccc2c(c1)OCO2. The zero-order valence-corrected chi connectivity index (χ0v) is 20.0. The van der Waals surface area contributed by atoms with Gasteiger partial charge in [0, 0.05) is 34.9 Å². The van der Waals surface area contributed by atoms with Crippen LogP contribution in [0.4, 0.5) is 5.69 Å². The lowest BCUT2D eigenvalue weighted by Crippen LogP contribution is -2.30. The van der Waals surface area contributed by atoms with Gasteiger partial charge in [-0.25, -0.2) is 0 Å². The quantitative estimate of drug-likeness (QED) is 0.337. The predicted octanol–water partition coefficient (Wildman–Crippen LogP) is 6.08. The highest BCUT2D eigenvalue weighted by molar-refractivity contribution is 7.80. The van der Waals surface area contributed by atoms with Crippen LogP contribution in [0, 0.1) is 0 Å². The average Bonchev–Trinajstić information content (AvgIpc) is 3.57. The number of ether oxygens (including phenoxy) is 2. The maximum absolute atomic E-state index is 6.60. The first kappa shape index (κ1) is 21.3. The first-order chi connectivity index (χ1) is 16.6. The summed E-state index contributed by atoms with van der Waals surface area (Å²) < 4.78 is 13.2.